The fraction of sp³-hybridized carbons (Fsp3) is 0.385. The molecule has 2 unspecified atom stereocenters. The highest BCUT2D eigenvalue weighted by Gasteiger charge is 2.21. The lowest BCUT2D eigenvalue weighted by molar-refractivity contribution is -0.133. The number of rotatable bonds is 3. The Morgan fingerprint density at radius 2 is 1.88 bits per heavy atom. The molecule has 1 aromatic carbocycles. The van der Waals surface area contributed by atoms with E-state index in [9.17, 15) is 4.79 Å². The third kappa shape index (κ3) is 3.21. The molecule has 0 aliphatic carbocycles. The number of carbonyl (C=O) groups is 1. The maximum Gasteiger partial charge on any atom is 0.239 e. The van der Waals surface area contributed by atoms with E-state index in [-0.39, 0.29) is 11.9 Å². The van der Waals surface area contributed by atoms with Gasteiger partial charge in [-0.25, -0.2) is 0 Å². The first kappa shape index (κ1) is 13.5. The summed E-state index contributed by atoms with van der Waals surface area (Å²) in [5.41, 5.74) is 0.996. The van der Waals surface area contributed by atoms with E-state index in [1.54, 1.807) is 31.0 Å². The Kier molecular flexibility index (Phi) is 4.53. The van der Waals surface area contributed by atoms with Crippen molar-refractivity contribution in [3.63, 3.8) is 0 Å². The Morgan fingerprint density at radius 3 is 2.35 bits per heavy atom. The van der Waals surface area contributed by atoms with E-state index in [2.05, 4.69) is 0 Å². The molecule has 0 spiro atoms. The van der Waals surface area contributed by atoms with Crippen LogP contribution in [0.15, 0.2) is 24.3 Å². The van der Waals surface area contributed by atoms with Gasteiger partial charge in [-0.1, -0.05) is 23.7 Å². The minimum absolute atomic E-state index is 0.0735. The van der Waals surface area contributed by atoms with E-state index in [1.165, 1.54) is 0 Å². The van der Waals surface area contributed by atoms with E-state index in [4.69, 9.17) is 16.9 Å². The topological polar surface area (TPSA) is 44.1 Å². The minimum atomic E-state index is -0.616. The SMILES string of the molecule is CC(C#N)C(=O)N(C)C(C)c1ccc(Cl)cc1. The molecule has 0 bridgehead atoms. The van der Waals surface area contributed by atoms with Crippen molar-refractivity contribution < 1.29 is 4.79 Å². The number of halogens is 1. The predicted octanol–water partition coefficient (Wildman–Crippen LogP) is 3.02. The van der Waals surface area contributed by atoms with E-state index in [0.717, 1.165) is 5.56 Å². The quantitative estimate of drug-likeness (QED) is 0.828. The highest BCUT2D eigenvalue weighted by atomic mass is 35.5. The molecule has 17 heavy (non-hydrogen) atoms. The summed E-state index contributed by atoms with van der Waals surface area (Å²) < 4.78 is 0. The third-order valence-electron chi connectivity index (χ3n) is 2.85. The third-order valence-corrected chi connectivity index (χ3v) is 3.10. The summed E-state index contributed by atoms with van der Waals surface area (Å²) >= 11 is 5.81. The molecule has 0 saturated carbocycles. The maximum atomic E-state index is 11.8. The Hall–Kier alpha value is -1.53. The van der Waals surface area contributed by atoms with Gasteiger partial charge in [0, 0.05) is 12.1 Å². The van der Waals surface area contributed by atoms with E-state index in [1.807, 2.05) is 25.1 Å². The van der Waals surface area contributed by atoms with Gasteiger partial charge in [-0.05, 0) is 31.5 Å². The van der Waals surface area contributed by atoms with Crippen molar-refractivity contribution in [2.75, 3.05) is 7.05 Å². The number of nitriles is 1. The van der Waals surface area contributed by atoms with Crippen molar-refractivity contribution >= 4 is 17.5 Å². The number of hydrogen-bond acceptors (Lipinski definition) is 2. The van der Waals surface area contributed by atoms with Crippen LogP contribution in [0.3, 0.4) is 0 Å². The first-order chi connectivity index (χ1) is 7.97. The molecule has 4 heteroatoms. The van der Waals surface area contributed by atoms with Gasteiger partial charge in [0.1, 0.15) is 5.92 Å². The van der Waals surface area contributed by atoms with Crippen LogP contribution in [0.1, 0.15) is 25.5 Å². The molecule has 0 saturated heterocycles. The summed E-state index contributed by atoms with van der Waals surface area (Å²) in [7, 11) is 1.70. The molecule has 3 nitrogen and oxygen atoms in total. The lowest BCUT2D eigenvalue weighted by Crippen LogP contribution is -2.33. The second-order valence-electron chi connectivity index (χ2n) is 4.03. The van der Waals surface area contributed by atoms with Crippen molar-refractivity contribution in [3.8, 4) is 6.07 Å². The lowest BCUT2D eigenvalue weighted by atomic mass is 10.1. The second-order valence-corrected chi connectivity index (χ2v) is 4.46. The van der Waals surface area contributed by atoms with Crippen molar-refractivity contribution in [2.24, 2.45) is 5.92 Å². The van der Waals surface area contributed by atoms with Crippen LogP contribution < -0.4 is 0 Å². The van der Waals surface area contributed by atoms with Crippen LogP contribution in [0.5, 0.6) is 0 Å². The molecule has 0 N–H and O–H groups in total. The highest BCUT2D eigenvalue weighted by Crippen LogP contribution is 2.22. The highest BCUT2D eigenvalue weighted by molar-refractivity contribution is 6.30. The van der Waals surface area contributed by atoms with Gasteiger partial charge in [-0.15, -0.1) is 0 Å². The maximum absolute atomic E-state index is 11.8. The van der Waals surface area contributed by atoms with Gasteiger partial charge in [0.25, 0.3) is 0 Å². The fourth-order valence-corrected chi connectivity index (χ4v) is 1.64. The molecule has 0 heterocycles. The summed E-state index contributed by atoms with van der Waals surface area (Å²) in [5, 5.41) is 9.39. The molecule has 0 aromatic heterocycles. The molecular weight excluding hydrogens is 236 g/mol. The van der Waals surface area contributed by atoms with Crippen LogP contribution in [0.2, 0.25) is 5.02 Å². The number of amides is 1. The Morgan fingerprint density at radius 1 is 1.35 bits per heavy atom. The van der Waals surface area contributed by atoms with Gasteiger partial charge < -0.3 is 4.90 Å². The van der Waals surface area contributed by atoms with Crippen molar-refractivity contribution in [1.82, 2.24) is 4.90 Å². The van der Waals surface area contributed by atoms with Gasteiger partial charge in [0.05, 0.1) is 12.1 Å². The monoisotopic (exact) mass is 250 g/mol. The van der Waals surface area contributed by atoms with Crippen molar-refractivity contribution in [2.45, 2.75) is 19.9 Å². The zero-order valence-electron chi connectivity index (χ0n) is 10.1. The van der Waals surface area contributed by atoms with Crippen molar-refractivity contribution in [3.05, 3.63) is 34.9 Å². The molecule has 0 aliphatic rings. The average molecular weight is 251 g/mol. The van der Waals surface area contributed by atoms with Crippen LogP contribution in [0.25, 0.3) is 0 Å². The first-order valence-electron chi connectivity index (χ1n) is 5.39. The largest absolute Gasteiger partial charge is 0.338 e. The van der Waals surface area contributed by atoms with Crippen LogP contribution in [-0.2, 0) is 4.79 Å². The molecule has 0 fully saturated rings. The van der Waals surface area contributed by atoms with Crippen LogP contribution in [0, 0.1) is 17.2 Å². The normalized spacial score (nSPS) is 13.6. The Balaban J connectivity index is 2.83. The zero-order chi connectivity index (χ0) is 13.0. The molecule has 90 valence electrons. The standard InChI is InChI=1S/C13H15ClN2O/c1-9(8-15)13(17)16(3)10(2)11-4-6-12(14)7-5-11/h4-7,9-10H,1-3H3. The number of hydrogen-bond donors (Lipinski definition) is 0. The predicted molar refractivity (Wildman–Crippen MR) is 67.4 cm³/mol. The molecule has 0 aliphatic heterocycles. The minimum Gasteiger partial charge on any atom is -0.338 e. The Bertz CT molecular complexity index is 436. The molecule has 1 amide bonds. The van der Waals surface area contributed by atoms with Crippen LogP contribution >= 0.6 is 11.6 Å². The van der Waals surface area contributed by atoms with Crippen molar-refractivity contribution in [1.29, 1.82) is 5.26 Å². The van der Waals surface area contributed by atoms with Crippen LogP contribution in [-0.4, -0.2) is 17.9 Å². The fourth-order valence-electron chi connectivity index (χ4n) is 1.52. The first-order valence-corrected chi connectivity index (χ1v) is 5.77. The second kappa shape index (κ2) is 5.70. The summed E-state index contributed by atoms with van der Waals surface area (Å²) in [4.78, 5) is 13.4. The van der Waals surface area contributed by atoms with Gasteiger partial charge in [-0.2, -0.15) is 5.26 Å². The summed E-state index contributed by atoms with van der Waals surface area (Å²) in [6.45, 7) is 3.53. The molecular formula is C13H15ClN2O. The smallest absolute Gasteiger partial charge is 0.239 e. The molecule has 0 radical (unpaired) electrons. The molecule has 1 aromatic rings. The van der Waals surface area contributed by atoms with E-state index >= 15 is 0 Å². The molecule has 1 rings (SSSR count). The number of nitrogens with zero attached hydrogens (tertiary/aromatic N) is 2. The summed E-state index contributed by atoms with van der Waals surface area (Å²) in [6.07, 6.45) is 0. The van der Waals surface area contributed by atoms with Gasteiger partial charge >= 0.3 is 0 Å². The van der Waals surface area contributed by atoms with Gasteiger partial charge in [0.15, 0.2) is 0 Å². The molecule has 2 atom stereocenters. The van der Waals surface area contributed by atoms with E-state index < -0.39 is 5.92 Å². The average Bonchev–Trinajstić information content (AvgIpc) is 2.36. The number of benzene rings is 1. The van der Waals surface area contributed by atoms with Gasteiger partial charge in [0.2, 0.25) is 5.91 Å². The summed E-state index contributed by atoms with van der Waals surface area (Å²) in [6, 6.07) is 9.22. The van der Waals surface area contributed by atoms with Gasteiger partial charge in [-0.3, -0.25) is 4.79 Å². The Labute approximate surface area is 107 Å². The summed E-state index contributed by atoms with van der Waals surface area (Å²) in [5.74, 6) is -0.787. The number of carbonyl (C=O) groups excluding carboxylic acids is 1. The zero-order valence-corrected chi connectivity index (χ0v) is 10.9. The van der Waals surface area contributed by atoms with E-state index in [0.29, 0.717) is 5.02 Å². The van der Waals surface area contributed by atoms with Crippen LogP contribution in [0.4, 0.5) is 0 Å². The lowest BCUT2D eigenvalue weighted by Gasteiger charge is -2.26.